The van der Waals surface area contributed by atoms with Crippen molar-refractivity contribution in [1.82, 2.24) is 10.3 Å². The summed E-state index contributed by atoms with van der Waals surface area (Å²) in [7, 11) is 0. The molecule has 0 amide bonds. The van der Waals surface area contributed by atoms with E-state index < -0.39 is 0 Å². The van der Waals surface area contributed by atoms with E-state index in [1.807, 2.05) is 0 Å². The zero-order chi connectivity index (χ0) is 11.0. The van der Waals surface area contributed by atoms with E-state index in [2.05, 4.69) is 28.7 Å². The van der Waals surface area contributed by atoms with E-state index in [-0.39, 0.29) is 6.04 Å². The van der Waals surface area contributed by atoms with Crippen LogP contribution in [0.3, 0.4) is 0 Å². The maximum Gasteiger partial charge on any atom is 0.110 e. The van der Waals surface area contributed by atoms with E-state index in [1.54, 1.807) is 17.6 Å². The fourth-order valence-corrected chi connectivity index (χ4v) is 2.91. The molecule has 0 saturated heterocycles. The minimum absolute atomic E-state index is 0.221. The summed E-state index contributed by atoms with van der Waals surface area (Å²) < 4.78 is 5.48. The molecular formula is C12H14N2OS. The van der Waals surface area contributed by atoms with Crippen molar-refractivity contribution in [3.63, 3.8) is 0 Å². The molecule has 1 atom stereocenters. The van der Waals surface area contributed by atoms with Crippen LogP contribution >= 0.6 is 11.3 Å². The first kappa shape index (κ1) is 10.1. The van der Waals surface area contributed by atoms with Gasteiger partial charge in [-0.25, -0.2) is 4.98 Å². The maximum atomic E-state index is 5.48. The third-order valence-electron chi connectivity index (χ3n) is 2.96. The molecule has 0 spiro atoms. The van der Waals surface area contributed by atoms with Gasteiger partial charge in [0.05, 0.1) is 23.0 Å². The highest BCUT2D eigenvalue weighted by Crippen LogP contribution is 2.30. The molecule has 0 radical (unpaired) electrons. The van der Waals surface area contributed by atoms with Crippen molar-refractivity contribution in [1.29, 1.82) is 0 Å². The molecule has 2 aromatic rings. The Balaban J connectivity index is 1.97. The van der Waals surface area contributed by atoms with Crippen LogP contribution in [-0.2, 0) is 12.8 Å². The van der Waals surface area contributed by atoms with Crippen LogP contribution in [0, 0.1) is 0 Å². The lowest BCUT2D eigenvalue weighted by Gasteiger charge is -2.21. The summed E-state index contributed by atoms with van der Waals surface area (Å²) in [4.78, 5) is 4.65. The van der Waals surface area contributed by atoms with Gasteiger partial charge in [-0.2, -0.15) is 0 Å². The number of aromatic nitrogens is 1. The second-order valence-corrected chi connectivity index (χ2v) is 4.90. The van der Waals surface area contributed by atoms with Gasteiger partial charge in [-0.05, 0) is 12.5 Å². The molecule has 1 aliphatic heterocycles. The van der Waals surface area contributed by atoms with Crippen LogP contribution in [0.1, 0.15) is 35.0 Å². The topological polar surface area (TPSA) is 38.1 Å². The predicted octanol–water partition coefficient (Wildman–Crippen LogP) is 2.53. The van der Waals surface area contributed by atoms with E-state index >= 15 is 0 Å². The molecular weight excluding hydrogens is 220 g/mol. The minimum atomic E-state index is 0.221. The van der Waals surface area contributed by atoms with Crippen molar-refractivity contribution in [2.75, 3.05) is 6.54 Å². The maximum absolute atomic E-state index is 5.48. The van der Waals surface area contributed by atoms with Crippen molar-refractivity contribution in [3.05, 3.63) is 39.7 Å². The van der Waals surface area contributed by atoms with Crippen LogP contribution in [0.2, 0.25) is 0 Å². The Morgan fingerprint density at radius 2 is 2.56 bits per heavy atom. The van der Waals surface area contributed by atoms with Gasteiger partial charge in [0.1, 0.15) is 5.76 Å². The molecule has 0 fully saturated rings. The largest absolute Gasteiger partial charge is 0.469 e. The summed E-state index contributed by atoms with van der Waals surface area (Å²) in [6, 6.07) is 2.27. The summed E-state index contributed by atoms with van der Waals surface area (Å²) in [5.74, 6) is 1.11. The Bertz CT molecular complexity index is 489. The molecule has 0 saturated carbocycles. The van der Waals surface area contributed by atoms with E-state index in [9.17, 15) is 0 Å². The van der Waals surface area contributed by atoms with Crippen molar-refractivity contribution in [2.24, 2.45) is 0 Å². The highest BCUT2D eigenvalue weighted by Gasteiger charge is 2.25. The molecule has 3 nitrogen and oxygen atoms in total. The van der Waals surface area contributed by atoms with Gasteiger partial charge in [-0.3, -0.25) is 0 Å². The number of thiazole rings is 1. The predicted molar refractivity (Wildman–Crippen MR) is 63.7 cm³/mol. The molecule has 3 heterocycles. The van der Waals surface area contributed by atoms with Gasteiger partial charge in [0.25, 0.3) is 0 Å². The van der Waals surface area contributed by atoms with Gasteiger partial charge in [0.15, 0.2) is 0 Å². The molecule has 0 aliphatic carbocycles. The van der Waals surface area contributed by atoms with Crippen LogP contribution in [0.5, 0.6) is 0 Å². The quantitative estimate of drug-likeness (QED) is 0.867. The molecule has 4 heteroatoms. The van der Waals surface area contributed by atoms with Gasteiger partial charge in [-0.15, -0.1) is 11.3 Å². The van der Waals surface area contributed by atoms with E-state index in [0.717, 1.165) is 30.8 Å². The zero-order valence-corrected chi connectivity index (χ0v) is 10.0. The number of nitrogens with zero attached hydrogens (tertiary/aromatic N) is 1. The average molecular weight is 234 g/mol. The number of fused-ring (bicyclic) bond motifs is 1. The van der Waals surface area contributed by atoms with Crippen molar-refractivity contribution in [3.8, 4) is 0 Å². The molecule has 2 aromatic heterocycles. The van der Waals surface area contributed by atoms with Gasteiger partial charge in [0, 0.05) is 23.9 Å². The third-order valence-corrected chi connectivity index (χ3v) is 3.97. The summed E-state index contributed by atoms with van der Waals surface area (Å²) in [6.07, 6.45) is 3.76. The molecule has 16 heavy (non-hydrogen) atoms. The summed E-state index contributed by atoms with van der Waals surface area (Å²) >= 11 is 1.74. The Morgan fingerprint density at radius 1 is 1.62 bits per heavy atom. The first-order valence-electron chi connectivity index (χ1n) is 5.62. The lowest BCUT2D eigenvalue weighted by Crippen LogP contribution is -2.29. The third kappa shape index (κ3) is 1.58. The monoisotopic (exact) mass is 234 g/mol. The normalized spacial score (nSPS) is 19.7. The summed E-state index contributed by atoms with van der Waals surface area (Å²) in [5.41, 5.74) is 2.38. The molecule has 84 valence electrons. The summed E-state index contributed by atoms with van der Waals surface area (Å²) in [6.45, 7) is 3.10. The smallest absolute Gasteiger partial charge is 0.110 e. The van der Waals surface area contributed by atoms with Crippen LogP contribution in [0.4, 0.5) is 0 Å². The standard InChI is InChI=1S/C12H14N2OS/c1-2-11-14-9(7-16-11)12-8-4-6-15-10(8)3-5-13-12/h4,6-7,12-13H,2-3,5H2,1H3. The van der Waals surface area contributed by atoms with Crippen LogP contribution in [0.25, 0.3) is 0 Å². The van der Waals surface area contributed by atoms with Crippen molar-refractivity contribution < 1.29 is 4.42 Å². The molecule has 0 aromatic carbocycles. The zero-order valence-electron chi connectivity index (χ0n) is 9.19. The fourth-order valence-electron chi connectivity index (χ4n) is 2.13. The van der Waals surface area contributed by atoms with Gasteiger partial charge < -0.3 is 9.73 Å². The second kappa shape index (κ2) is 4.03. The van der Waals surface area contributed by atoms with Gasteiger partial charge >= 0.3 is 0 Å². The molecule has 1 N–H and O–H groups in total. The van der Waals surface area contributed by atoms with Gasteiger partial charge in [0.2, 0.25) is 0 Å². The second-order valence-electron chi connectivity index (χ2n) is 3.96. The number of furan rings is 1. The SMILES string of the molecule is CCc1nc(C2NCCc3occc32)cs1. The Labute approximate surface area is 98.5 Å². The lowest BCUT2D eigenvalue weighted by atomic mass is 10.00. The Morgan fingerprint density at radius 3 is 3.38 bits per heavy atom. The van der Waals surface area contributed by atoms with Crippen LogP contribution in [0.15, 0.2) is 22.1 Å². The molecule has 0 bridgehead atoms. The summed E-state index contributed by atoms with van der Waals surface area (Å²) in [5, 5.41) is 6.85. The first-order valence-corrected chi connectivity index (χ1v) is 6.50. The Hall–Kier alpha value is -1.13. The van der Waals surface area contributed by atoms with Crippen molar-refractivity contribution >= 4 is 11.3 Å². The fraction of sp³-hybridized carbons (Fsp3) is 0.417. The number of hydrogen-bond donors (Lipinski definition) is 1. The number of rotatable bonds is 2. The van der Waals surface area contributed by atoms with E-state index in [4.69, 9.17) is 4.42 Å². The van der Waals surface area contributed by atoms with Crippen LogP contribution in [-0.4, -0.2) is 11.5 Å². The van der Waals surface area contributed by atoms with Crippen molar-refractivity contribution in [2.45, 2.75) is 25.8 Å². The highest BCUT2D eigenvalue weighted by atomic mass is 32.1. The molecule has 1 aliphatic rings. The first-order chi connectivity index (χ1) is 7.88. The van der Waals surface area contributed by atoms with E-state index in [1.165, 1.54) is 10.6 Å². The van der Waals surface area contributed by atoms with Crippen LogP contribution < -0.4 is 5.32 Å². The minimum Gasteiger partial charge on any atom is -0.469 e. The number of hydrogen-bond acceptors (Lipinski definition) is 4. The Kier molecular flexibility index (Phi) is 2.53. The highest BCUT2D eigenvalue weighted by molar-refractivity contribution is 7.09. The number of nitrogens with one attached hydrogen (secondary N) is 1. The average Bonchev–Trinajstić information content (AvgIpc) is 2.97. The number of aryl methyl sites for hydroxylation is 1. The molecule has 3 rings (SSSR count). The lowest BCUT2D eigenvalue weighted by molar-refractivity contribution is 0.453. The molecule has 1 unspecified atom stereocenters. The van der Waals surface area contributed by atoms with Gasteiger partial charge in [-0.1, -0.05) is 6.92 Å². The van der Waals surface area contributed by atoms with E-state index in [0.29, 0.717) is 0 Å².